The Balaban J connectivity index is 1.92. The average Bonchev–Trinajstić information content (AvgIpc) is 3.33. The van der Waals surface area contributed by atoms with Crippen molar-refractivity contribution < 1.29 is 27.5 Å². The highest BCUT2D eigenvalue weighted by Gasteiger charge is 2.32. The van der Waals surface area contributed by atoms with Crippen molar-refractivity contribution >= 4 is 27.5 Å². The fourth-order valence-corrected chi connectivity index (χ4v) is 4.64. The highest BCUT2D eigenvalue weighted by atomic mass is 32.2. The summed E-state index contributed by atoms with van der Waals surface area (Å²) in [6, 6.07) is 13.2. The minimum atomic E-state index is -3.81. The van der Waals surface area contributed by atoms with Crippen LogP contribution in [0.3, 0.4) is 0 Å². The van der Waals surface area contributed by atoms with Crippen molar-refractivity contribution in [3.8, 4) is 11.5 Å². The topological polar surface area (TPSA) is 105 Å². The molecule has 1 N–H and O–H groups in total. The average molecular weight is 504 g/mol. The van der Waals surface area contributed by atoms with Crippen LogP contribution in [0.2, 0.25) is 0 Å². The summed E-state index contributed by atoms with van der Waals surface area (Å²) in [4.78, 5) is 27.9. The van der Waals surface area contributed by atoms with Gasteiger partial charge >= 0.3 is 0 Å². The molecule has 9 nitrogen and oxygen atoms in total. The summed E-state index contributed by atoms with van der Waals surface area (Å²) >= 11 is 0. The van der Waals surface area contributed by atoms with E-state index < -0.39 is 28.5 Å². The van der Waals surface area contributed by atoms with Crippen LogP contribution in [0.5, 0.6) is 11.5 Å². The summed E-state index contributed by atoms with van der Waals surface area (Å²) in [6.45, 7) is 6.78. The standard InChI is InChI=1S/C25H33N3O6S/c1-5-18(3)26-25(30)19(4)27(15-20-10-8-7-9-11-20)24(29)16-28(35(31,32)6-2)21-12-13-22-23(14-21)34-17-33-22/h7-14,18-19H,5-6,15-17H2,1-4H3,(H,26,30)/t18-,19+/m0/s1. The van der Waals surface area contributed by atoms with Crippen LogP contribution >= 0.6 is 0 Å². The number of fused-ring (bicyclic) bond motifs is 1. The molecule has 190 valence electrons. The molecule has 1 aliphatic rings. The zero-order valence-electron chi connectivity index (χ0n) is 20.6. The van der Waals surface area contributed by atoms with Crippen LogP contribution in [0, 0.1) is 0 Å². The highest BCUT2D eigenvalue weighted by Crippen LogP contribution is 2.36. The first-order chi connectivity index (χ1) is 16.7. The van der Waals surface area contributed by atoms with E-state index in [1.165, 1.54) is 11.8 Å². The predicted molar refractivity (Wildman–Crippen MR) is 134 cm³/mol. The van der Waals surface area contributed by atoms with E-state index in [-0.39, 0.29) is 31.0 Å². The van der Waals surface area contributed by atoms with Crippen molar-refractivity contribution in [2.45, 2.75) is 52.7 Å². The lowest BCUT2D eigenvalue weighted by atomic mass is 10.1. The molecule has 0 aromatic heterocycles. The van der Waals surface area contributed by atoms with Crippen LogP contribution in [0.15, 0.2) is 48.5 Å². The van der Waals surface area contributed by atoms with Crippen molar-refractivity contribution in [2.75, 3.05) is 23.4 Å². The summed E-state index contributed by atoms with van der Waals surface area (Å²) in [5, 5.41) is 2.91. The van der Waals surface area contributed by atoms with Crippen molar-refractivity contribution in [2.24, 2.45) is 0 Å². The van der Waals surface area contributed by atoms with Gasteiger partial charge in [-0.2, -0.15) is 0 Å². The number of benzene rings is 2. The number of hydrogen-bond acceptors (Lipinski definition) is 6. The van der Waals surface area contributed by atoms with E-state index in [0.717, 1.165) is 16.3 Å². The smallest absolute Gasteiger partial charge is 0.244 e. The van der Waals surface area contributed by atoms with Crippen LogP contribution in [-0.2, 0) is 26.2 Å². The van der Waals surface area contributed by atoms with Gasteiger partial charge in [-0.25, -0.2) is 8.42 Å². The lowest BCUT2D eigenvalue weighted by Crippen LogP contribution is -2.52. The Morgan fingerprint density at radius 3 is 2.37 bits per heavy atom. The molecule has 0 aliphatic carbocycles. The monoisotopic (exact) mass is 503 g/mol. The number of hydrogen-bond donors (Lipinski definition) is 1. The summed E-state index contributed by atoms with van der Waals surface area (Å²) < 4.78 is 37.8. The Morgan fingerprint density at radius 1 is 1.03 bits per heavy atom. The maximum absolute atomic E-state index is 13.6. The van der Waals surface area contributed by atoms with Gasteiger partial charge in [0, 0.05) is 18.7 Å². The molecule has 2 atom stereocenters. The van der Waals surface area contributed by atoms with Gasteiger partial charge in [-0.05, 0) is 44.9 Å². The largest absolute Gasteiger partial charge is 0.454 e. The molecule has 2 aromatic carbocycles. The maximum Gasteiger partial charge on any atom is 0.244 e. The number of amides is 2. The zero-order chi connectivity index (χ0) is 25.6. The van der Waals surface area contributed by atoms with E-state index in [4.69, 9.17) is 9.47 Å². The molecule has 0 radical (unpaired) electrons. The van der Waals surface area contributed by atoms with Gasteiger partial charge in [0.2, 0.25) is 28.6 Å². The van der Waals surface area contributed by atoms with Gasteiger partial charge in [0.25, 0.3) is 0 Å². The summed E-state index contributed by atoms with van der Waals surface area (Å²) in [5.41, 5.74) is 1.12. The van der Waals surface area contributed by atoms with Crippen LogP contribution in [0.4, 0.5) is 5.69 Å². The minimum Gasteiger partial charge on any atom is -0.454 e. The first kappa shape index (κ1) is 26.3. The molecular weight excluding hydrogens is 470 g/mol. The number of ether oxygens (including phenoxy) is 2. The van der Waals surface area contributed by atoms with Gasteiger partial charge in [-0.1, -0.05) is 37.3 Å². The van der Waals surface area contributed by atoms with Crippen LogP contribution in [0.25, 0.3) is 0 Å². The van der Waals surface area contributed by atoms with E-state index >= 15 is 0 Å². The molecule has 35 heavy (non-hydrogen) atoms. The number of anilines is 1. The molecule has 1 aliphatic heterocycles. The number of rotatable bonds is 11. The third-order valence-corrected chi connectivity index (χ3v) is 7.73. The summed E-state index contributed by atoms with van der Waals surface area (Å²) in [7, 11) is -3.81. The zero-order valence-corrected chi connectivity index (χ0v) is 21.4. The SMILES string of the molecule is CC[C@H](C)NC(=O)[C@@H](C)N(Cc1ccccc1)C(=O)CN(c1ccc2c(c1)OCO2)S(=O)(=O)CC. The first-order valence-electron chi connectivity index (χ1n) is 11.7. The Bertz CT molecular complexity index is 1140. The van der Waals surface area contributed by atoms with Gasteiger partial charge in [0.1, 0.15) is 12.6 Å². The molecule has 0 saturated carbocycles. The van der Waals surface area contributed by atoms with Crippen molar-refractivity contribution in [1.82, 2.24) is 10.2 Å². The van der Waals surface area contributed by atoms with Gasteiger partial charge in [-0.3, -0.25) is 13.9 Å². The maximum atomic E-state index is 13.6. The third-order valence-electron chi connectivity index (χ3n) is 5.99. The van der Waals surface area contributed by atoms with E-state index in [1.54, 1.807) is 25.1 Å². The molecule has 10 heteroatoms. The molecule has 0 bridgehead atoms. The summed E-state index contributed by atoms with van der Waals surface area (Å²) in [5.74, 6) is -0.0621. The van der Waals surface area contributed by atoms with Crippen molar-refractivity contribution in [1.29, 1.82) is 0 Å². The lowest BCUT2D eigenvalue weighted by molar-refractivity contribution is -0.139. The van der Waals surface area contributed by atoms with Gasteiger partial charge in [0.05, 0.1) is 11.4 Å². The molecule has 2 amide bonds. The molecule has 0 saturated heterocycles. The Kier molecular flexibility index (Phi) is 8.61. The first-order valence-corrected chi connectivity index (χ1v) is 13.3. The Hall–Kier alpha value is -3.27. The van der Waals surface area contributed by atoms with Gasteiger partial charge in [-0.15, -0.1) is 0 Å². The van der Waals surface area contributed by atoms with E-state index in [9.17, 15) is 18.0 Å². The number of carbonyl (C=O) groups excluding carboxylic acids is 2. The fraction of sp³-hybridized carbons (Fsp3) is 0.440. The fourth-order valence-electron chi connectivity index (χ4n) is 3.59. The Morgan fingerprint density at radius 2 is 1.71 bits per heavy atom. The molecule has 2 aromatic rings. The third kappa shape index (κ3) is 6.45. The molecule has 0 fully saturated rings. The summed E-state index contributed by atoms with van der Waals surface area (Å²) in [6.07, 6.45) is 0.748. The molecule has 0 spiro atoms. The predicted octanol–water partition coefficient (Wildman–Crippen LogP) is 2.90. The van der Waals surface area contributed by atoms with Crippen LogP contribution in [-0.4, -0.2) is 56.3 Å². The normalized spacial score (nSPS) is 14.2. The minimum absolute atomic E-state index is 0.0475. The second-order valence-corrected chi connectivity index (χ2v) is 10.6. The van der Waals surface area contributed by atoms with Crippen molar-refractivity contribution in [3.63, 3.8) is 0 Å². The Labute approximate surface area is 207 Å². The van der Waals surface area contributed by atoms with E-state index in [2.05, 4.69) is 5.32 Å². The number of carbonyl (C=O) groups is 2. The van der Waals surface area contributed by atoms with Crippen LogP contribution in [0.1, 0.15) is 39.7 Å². The van der Waals surface area contributed by atoms with Crippen molar-refractivity contribution in [3.05, 3.63) is 54.1 Å². The number of sulfonamides is 1. The van der Waals surface area contributed by atoms with Gasteiger partial charge in [0.15, 0.2) is 11.5 Å². The second-order valence-electron chi connectivity index (χ2n) is 8.45. The molecular formula is C25H33N3O6S. The number of nitrogens with one attached hydrogen (secondary N) is 1. The van der Waals surface area contributed by atoms with Crippen LogP contribution < -0.4 is 19.1 Å². The highest BCUT2D eigenvalue weighted by molar-refractivity contribution is 7.92. The number of nitrogens with zero attached hydrogens (tertiary/aromatic N) is 2. The molecule has 1 heterocycles. The lowest BCUT2D eigenvalue weighted by Gasteiger charge is -2.32. The van der Waals surface area contributed by atoms with Gasteiger partial charge < -0.3 is 19.7 Å². The molecule has 0 unspecified atom stereocenters. The van der Waals surface area contributed by atoms with E-state index in [1.807, 2.05) is 44.2 Å². The molecule has 3 rings (SSSR count). The quantitative estimate of drug-likeness (QED) is 0.506. The second kappa shape index (κ2) is 11.4. The van der Waals surface area contributed by atoms with E-state index in [0.29, 0.717) is 17.2 Å².